The molecule has 158 valence electrons. The number of ether oxygens (including phenoxy) is 3. The molecule has 2 aromatic carbocycles. The fraction of sp³-hybridized carbons (Fsp3) is 0.409. The second-order valence-corrected chi connectivity index (χ2v) is 6.37. The van der Waals surface area contributed by atoms with Crippen LogP contribution in [0.5, 0.6) is 17.2 Å². The molecule has 29 heavy (non-hydrogen) atoms. The topological polar surface area (TPSA) is 84.3 Å². The van der Waals surface area contributed by atoms with Crippen molar-refractivity contribution in [2.45, 2.75) is 19.4 Å². The predicted molar refractivity (Wildman–Crippen MR) is 115 cm³/mol. The zero-order valence-corrected chi connectivity index (χ0v) is 17.6. The van der Waals surface area contributed by atoms with E-state index < -0.39 is 6.10 Å². The van der Waals surface area contributed by atoms with Gasteiger partial charge in [0.15, 0.2) is 5.96 Å². The SMILES string of the molecule is CCNC(=NCC(O)c1cc(OC)cc(OC)c1)NCCc1ccccc1OC. The fourth-order valence-corrected chi connectivity index (χ4v) is 2.87. The van der Waals surface area contributed by atoms with Crippen LogP contribution in [0.3, 0.4) is 0 Å². The van der Waals surface area contributed by atoms with Crippen LogP contribution in [-0.2, 0) is 6.42 Å². The average molecular weight is 402 g/mol. The number of nitrogens with one attached hydrogen (secondary N) is 2. The van der Waals surface area contributed by atoms with Gasteiger partial charge in [-0.3, -0.25) is 4.99 Å². The number of hydrogen-bond acceptors (Lipinski definition) is 5. The number of benzene rings is 2. The number of aliphatic hydroxyl groups excluding tert-OH is 1. The van der Waals surface area contributed by atoms with E-state index in [1.807, 2.05) is 31.2 Å². The first-order chi connectivity index (χ1) is 14.1. The van der Waals surface area contributed by atoms with Crippen LogP contribution in [0.1, 0.15) is 24.2 Å². The van der Waals surface area contributed by atoms with Gasteiger partial charge in [-0.1, -0.05) is 18.2 Å². The monoisotopic (exact) mass is 401 g/mol. The third-order valence-corrected chi connectivity index (χ3v) is 4.40. The summed E-state index contributed by atoms with van der Waals surface area (Å²) in [6.07, 6.45) is 0.0213. The first-order valence-electron chi connectivity index (χ1n) is 9.66. The molecule has 1 unspecified atom stereocenters. The summed E-state index contributed by atoms with van der Waals surface area (Å²) in [5, 5.41) is 17.1. The van der Waals surface area contributed by atoms with Gasteiger partial charge in [-0.2, -0.15) is 0 Å². The lowest BCUT2D eigenvalue weighted by Crippen LogP contribution is -2.38. The van der Waals surface area contributed by atoms with Crippen molar-refractivity contribution in [1.82, 2.24) is 10.6 Å². The van der Waals surface area contributed by atoms with Gasteiger partial charge in [-0.05, 0) is 42.7 Å². The van der Waals surface area contributed by atoms with Gasteiger partial charge in [0, 0.05) is 19.2 Å². The molecular formula is C22H31N3O4. The van der Waals surface area contributed by atoms with E-state index in [0.717, 1.165) is 24.3 Å². The Labute approximate surface area is 172 Å². The van der Waals surface area contributed by atoms with Crippen LogP contribution < -0.4 is 24.8 Å². The summed E-state index contributed by atoms with van der Waals surface area (Å²) in [7, 11) is 4.84. The normalized spacial score (nSPS) is 12.2. The largest absolute Gasteiger partial charge is 0.497 e. The van der Waals surface area contributed by atoms with Crippen molar-refractivity contribution in [3.8, 4) is 17.2 Å². The second kappa shape index (κ2) is 11.8. The number of guanidine groups is 1. The van der Waals surface area contributed by atoms with Crippen molar-refractivity contribution in [3.05, 3.63) is 53.6 Å². The molecule has 1 atom stereocenters. The van der Waals surface area contributed by atoms with Crippen LogP contribution in [0.25, 0.3) is 0 Å². The number of nitrogens with zero attached hydrogens (tertiary/aromatic N) is 1. The van der Waals surface area contributed by atoms with Gasteiger partial charge in [0.25, 0.3) is 0 Å². The van der Waals surface area contributed by atoms with Gasteiger partial charge in [-0.25, -0.2) is 0 Å². The Bertz CT molecular complexity index is 773. The van der Waals surface area contributed by atoms with E-state index in [2.05, 4.69) is 15.6 Å². The first-order valence-corrected chi connectivity index (χ1v) is 9.66. The molecular weight excluding hydrogens is 370 g/mol. The summed E-state index contributed by atoms with van der Waals surface area (Å²) < 4.78 is 15.9. The van der Waals surface area contributed by atoms with Crippen LogP contribution in [0.15, 0.2) is 47.5 Å². The smallest absolute Gasteiger partial charge is 0.191 e. The Morgan fingerprint density at radius 1 is 1.00 bits per heavy atom. The van der Waals surface area contributed by atoms with Gasteiger partial charge in [-0.15, -0.1) is 0 Å². The molecule has 0 aliphatic heterocycles. The van der Waals surface area contributed by atoms with Crippen molar-refractivity contribution in [1.29, 1.82) is 0 Å². The highest BCUT2D eigenvalue weighted by Crippen LogP contribution is 2.26. The molecule has 0 saturated carbocycles. The number of methoxy groups -OCH3 is 3. The quantitative estimate of drug-likeness (QED) is 0.419. The lowest BCUT2D eigenvalue weighted by Gasteiger charge is -2.15. The molecule has 2 aromatic rings. The van der Waals surface area contributed by atoms with E-state index in [0.29, 0.717) is 29.6 Å². The molecule has 7 heteroatoms. The van der Waals surface area contributed by atoms with E-state index in [-0.39, 0.29) is 6.54 Å². The highest BCUT2D eigenvalue weighted by Gasteiger charge is 2.11. The maximum Gasteiger partial charge on any atom is 0.191 e. The van der Waals surface area contributed by atoms with Crippen molar-refractivity contribution in [2.24, 2.45) is 4.99 Å². The molecule has 0 amide bonds. The van der Waals surface area contributed by atoms with Crippen LogP contribution in [0.2, 0.25) is 0 Å². The van der Waals surface area contributed by atoms with Crippen molar-refractivity contribution in [2.75, 3.05) is 41.0 Å². The molecule has 0 bridgehead atoms. The van der Waals surface area contributed by atoms with Gasteiger partial charge in [0.1, 0.15) is 17.2 Å². The Hall–Kier alpha value is -2.93. The van der Waals surface area contributed by atoms with E-state index in [1.165, 1.54) is 0 Å². The molecule has 0 spiro atoms. The molecule has 0 aliphatic carbocycles. The van der Waals surface area contributed by atoms with Crippen LogP contribution in [0, 0.1) is 0 Å². The number of aliphatic hydroxyl groups is 1. The van der Waals surface area contributed by atoms with Gasteiger partial charge >= 0.3 is 0 Å². The van der Waals surface area contributed by atoms with E-state index in [4.69, 9.17) is 14.2 Å². The van der Waals surface area contributed by atoms with Crippen molar-refractivity contribution < 1.29 is 19.3 Å². The molecule has 2 rings (SSSR count). The van der Waals surface area contributed by atoms with E-state index in [9.17, 15) is 5.11 Å². The predicted octanol–water partition coefficient (Wildman–Crippen LogP) is 2.54. The minimum Gasteiger partial charge on any atom is -0.497 e. The molecule has 0 heterocycles. The van der Waals surface area contributed by atoms with Crippen LogP contribution >= 0.6 is 0 Å². The molecule has 0 aromatic heterocycles. The number of para-hydroxylation sites is 1. The van der Waals surface area contributed by atoms with Gasteiger partial charge in [0.2, 0.25) is 0 Å². The zero-order chi connectivity index (χ0) is 21.1. The zero-order valence-electron chi connectivity index (χ0n) is 17.6. The summed E-state index contributed by atoms with van der Waals surface area (Å²) in [6.45, 7) is 3.62. The highest BCUT2D eigenvalue weighted by molar-refractivity contribution is 5.79. The molecule has 0 fully saturated rings. The number of rotatable bonds is 10. The maximum absolute atomic E-state index is 10.6. The minimum absolute atomic E-state index is 0.209. The average Bonchev–Trinajstić information content (AvgIpc) is 2.77. The van der Waals surface area contributed by atoms with Crippen molar-refractivity contribution in [3.63, 3.8) is 0 Å². The van der Waals surface area contributed by atoms with Gasteiger partial charge < -0.3 is 30.0 Å². The van der Waals surface area contributed by atoms with Crippen molar-refractivity contribution >= 4 is 5.96 Å². The summed E-state index contributed by atoms with van der Waals surface area (Å²) >= 11 is 0. The van der Waals surface area contributed by atoms with E-state index in [1.54, 1.807) is 39.5 Å². The summed E-state index contributed by atoms with van der Waals surface area (Å²) in [5.74, 6) is 2.78. The third-order valence-electron chi connectivity index (χ3n) is 4.40. The number of aliphatic imine (C=N–C) groups is 1. The summed E-state index contributed by atoms with van der Waals surface area (Å²) in [4.78, 5) is 4.51. The Morgan fingerprint density at radius 3 is 2.31 bits per heavy atom. The molecule has 0 aliphatic rings. The first kappa shape index (κ1) is 22.4. The molecule has 7 nitrogen and oxygen atoms in total. The Kier molecular flexibility index (Phi) is 9.11. The summed E-state index contributed by atoms with van der Waals surface area (Å²) in [6, 6.07) is 13.3. The maximum atomic E-state index is 10.6. The lowest BCUT2D eigenvalue weighted by molar-refractivity contribution is 0.186. The van der Waals surface area contributed by atoms with Crippen LogP contribution in [0.4, 0.5) is 0 Å². The number of hydrogen-bond donors (Lipinski definition) is 3. The van der Waals surface area contributed by atoms with Gasteiger partial charge in [0.05, 0.1) is 34.0 Å². The third kappa shape index (κ3) is 6.87. The standard InChI is InChI=1S/C22H31N3O4/c1-5-23-22(24-11-10-16-8-6-7-9-21(16)29-4)25-15-20(26)17-12-18(27-2)14-19(13-17)28-3/h6-9,12-14,20,26H,5,10-11,15H2,1-4H3,(H2,23,24,25). The minimum atomic E-state index is -0.774. The van der Waals surface area contributed by atoms with E-state index >= 15 is 0 Å². The molecule has 0 saturated heterocycles. The molecule has 3 N–H and O–H groups in total. The fourth-order valence-electron chi connectivity index (χ4n) is 2.87. The molecule has 0 radical (unpaired) electrons. The van der Waals surface area contributed by atoms with Crippen LogP contribution in [-0.4, -0.2) is 52.0 Å². The lowest BCUT2D eigenvalue weighted by atomic mass is 10.1. The second-order valence-electron chi connectivity index (χ2n) is 6.37. The highest BCUT2D eigenvalue weighted by atomic mass is 16.5. The Balaban J connectivity index is 1.99. The summed E-state index contributed by atoms with van der Waals surface area (Å²) in [5.41, 5.74) is 1.82. The Morgan fingerprint density at radius 2 is 1.69 bits per heavy atom.